The van der Waals surface area contributed by atoms with E-state index in [4.69, 9.17) is 0 Å². The predicted molar refractivity (Wildman–Crippen MR) is 141 cm³/mol. The van der Waals surface area contributed by atoms with E-state index in [9.17, 15) is 14.0 Å². The molecule has 2 aromatic carbocycles. The quantitative estimate of drug-likeness (QED) is 0.378. The zero-order valence-electron chi connectivity index (χ0n) is 21.8. The maximum absolute atomic E-state index is 13.9. The Balaban J connectivity index is 1.72. The number of hydrogen-bond donors (Lipinski definition) is 1. The highest BCUT2D eigenvalue weighted by molar-refractivity contribution is 6.01. The van der Waals surface area contributed by atoms with Gasteiger partial charge >= 0.3 is 0 Å². The maximum atomic E-state index is 13.9. The minimum Gasteiger partial charge on any atom is -0.349 e. The second kappa shape index (κ2) is 11.3. The second-order valence-corrected chi connectivity index (χ2v) is 9.86. The third kappa shape index (κ3) is 6.44. The van der Waals surface area contributed by atoms with E-state index < -0.39 is 17.5 Å². The monoisotopic (exact) mass is 515 g/mol. The molecule has 4 rings (SSSR count). The number of carbonyl (C=O) groups excluding carboxylic acids is 2. The summed E-state index contributed by atoms with van der Waals surface area (Å²) in [5.41, 5.74) is 2.30. The number of nitrogens with one attached hydrogen (secondary N) is 1. The summed E-state index contributed by atoms with van der Waals surface area (Å²) in [6.07, 6.45) is 4.01. The Kier molecular flexibility index (Phi) is 7.90. The van der Waals surface area contributed by atoms with Crippen molar-refractivity contribution in [1.82, 2.24) is 30.5 Å². The Bertz CT molecular complexity index is 1380. The number of tetrazole rings is 1. The van der Waals surface area contributed by atoms with Gasteiger partial charge in [-0.05, 0) is 92.1 Å². The molecule has 0 saturated carbocycles. The Morgan fingerprint density at radius 2 is 1.66 bits per heavy atom. The van der Waals surface area contributed by atoms with Gasteiger partial charge in [-0.25, -0.2) is 4.39 Å². The largest absolute Gasteiger partial charge is 0.349 e. The number of halogens is 1. The molecule has 1 atom stereocenters. The molecule has 38 heavy (non-hydrogen) atoms. The first-order chi connectivity index (χ1) is 18.1. The predicted octanol–water partition coefficient (Wildman–Crippen LogP) is 4.13. The van der Waals surface area contributed by atoms with E-state index in [2.05, 4.69) is 25.7 Å². The Morgan fingerprint density at radius 3 is 2.26 bits per heavy atom. The van der Waals surface area contributed by atoms with E-state index in [1.807, 2.05) is 52.0 Å². The number of aryl methyl sites for hydroxylation is 1. The molecule has 0 radical (unpaired) electrons. The molecule has 4 aromatic rings. The Labute approximate surface area is 220 Å². The van der Waals surface area contributed by atoms with E-state index in [0.29, 0.717) is 16.8 Å². The van der Waals surface area contributed by atoms with Crippen LogP contribution < -0.4 is 10.2 Å². The number of hydrogen-bond acceptors (Lipinski definition) is 6. The molecule has 196 valence electrons. The van der Waals surface area contributed by atoms with E-state index >= 15 is 0 Å². The lowest BCUT2D eigenvalue weighted by Gasteiger charge is -2.33. The van der Waals surface area contributed by atoms with Crippen molar-refractivity contribution in [3.05, 3.63) is 90.0 Å². The van der Waals surface area contributed by atoms with Gasteiger partial charge in [-0.2, -0.15) is 4.80 Å². The number of pyridine rings is 1. The number of amides is 2. The molecule has 0 aliphatic heterocycles. The molecule has 0 aliphatic carbocycles. The lowest BCUT2D eigenvalue weighted by molar-refractivity contribution is -0.128. The third-order valence-corrected chi connectivity index (χ3v) is 5.75. The normalized spacial score (nSPS) is 12.1. The summed E-state index contributed by atoms with van der Waals surface area (Å²) in [4.78, 5) is 34.3. The molecular weight excluding hydrogens is 485 g/mol. The fraction of sp³-hybridized carbons (Fsp3) is 0.286. The van der Waals surface area contributed by atoms with Crippen LogP contribution in [-0.4, -0.2) is 42.5 Å². The van der Waals surface area contributed by atoms with Gasteiger partial charge in [0.1, 0.15) is 18.4 Å². The molecule has 0 bridgehead atoms. The summed E-state index contributed by atoms with van der Waals surface area (Å²) in [5.74, 6) is -0.872. The minimum atomic E-state index is -0.975. The minimum absolute atomic E-state index is 0.257. The van der Waals surface area contributed by atoms with Crippen LogP contribution in [0.25, 0.3) is 11.4 Å². The highest BCUT2D eigenvalue weighted by Crippen LogP contribution is 2.29. The van der Waals surface area contributed by atoms with Crippen LogP contribution in [-0.2, 0) is 22.6 Å². The maximum Gasteiger partial charge on any atom is 0.251 e. The van der Waals surface area contributed by atoms with E-state index in [1.54, 1.807) is 24.5 Å². The highest BCUT2D eigenvalue weighted by Gasteiger charge is 2.34. The zero-order valence-corrected chi connectivity index (χ0v) is 21.8. The molecule has 1 N–H and O–H groups in total. The number of carbonyl (C=O) groups is 2. The summed E-state index contributed by atoms with van der Waals surface area (Å²) in [6, 6.07) is 15.7. The van der Waals surface area contributed by atoms with Gasteiger partial charge in [0.25, 0.3) is 5.91 Å². The smallest absolute Gasteiger partial charge is 0.251 e. The standard InChI is InChI=1S/C28H30FN7O2/c1-5-19-6-12-23(13-7-19)36(25(20-14-16-30-17-15-20)27(38)31-28(2,3)4)24(37)18-35-33-26(32-34-35)21-8-10-22(29)11-9-21/h6-17,25H,5,18H2,1-4H3,(H,31,38). The van der Waals surface area contributed by atoms with Gasteiger partial charge in [0, 0.05) is 29.2 Å². The van der Waals surface area contributed by atoms with Crippen molar-refractivity contribution in [2.45, 2.75) is 52.2 Å². The SMILES string of the molecule is CCc1ccc(N(C(=O)Cn2nnc(-c3ccc(F)cc3)n2)C(C(=O)NC(C)(C)C)c2ccncc2)cc1. The average Bonchev–Trinajstić information content (AvgIpc) is 3.35. The van der Waals surface area contributed by atoms with Crippen molar-refractivity contribution in [3.8, 4) is 11.4 Å². The van der Waals surface area contributed by atoms with Gasteiger partial charge in [-0.3, -0.25) is 19.5 Å². The fourth-order valence-electron chi connectivity index (χ4n) is 3.95. The first-order valence-corrected chi connectivity index (χ1v) is 12.3. The molecule has 0 saturated heterocycles. The average molecular weight is 516 g/mol. The summed E-state index contributed by atoms with van der Waals surface area (Å²) >= 11 is 0. The number of anilines is 1. The lowest BCUT2D eigenvalue weighted by Crippen LogP contribution is -2.50. The number of benzene rings is 2. The van der Waals surface area contributed by atoms with Crippen LogP contribution in [0.5, 0.6) is 0 Å². The number of rotatable bonds is 8. The zero-order chi connectivity index (χ0) is 27.3. The van der Waals surface area contributed by atoms with Crippen molar-refractivity contribution in [2.24, 2.45) is 0 Å². The molecule has 2 amide bonds. The van der Waals surface area contributed by atoms with Gasteiger partial charge in [0.2, 0.25) is 11.7 Å². The Hall–Kier alpha value is -4.47. The van der Waals surface area contributed by atoms with Crippen molar-refractivity contribution < 1.29 is 14.0 Å². The van der Waals surface area contributed by atoms with Gasteiger partial charge in [0.15, 0.2) is 0 Å². The van der Waals surface area contributed by atoms with Crippen LogP contribution in [0, 0.1) is 5.82 Å². The molecule has 2 aromatic heterocycles. The number of nitrogens with zero attached hydrogens (tertiary/aromatic N) is 6. The topological polar surface area (TPSA) is 106 Å². The van der Waals surface area contributed by atoms with Crippen LogP contribution in [0.4, 0.5) is 10.1 Å². The third-order valence-electron chi connectivity index (χ3n) is 5.75. The van der Waals surface area contributed by atoms with Crippen LogP contribution in [0.1, 0.15) is 44.9 Å². The van der Waals surface area contributed by atoms with Crippen LogP contribution in [0.2, 0.25) is 0 Å². The van der Waals surface area contributed by atoms with Gasteiger partial charge in [-0.15, -0.1) is 10.2 Å². The lowest BCUT2D eigenvalue weighted by atomic mass is 10.0. The second-order valence-electron chi connectivity index (χ2n) is 9.86. The Morgan fingerprint density at radius 1 is 1.00 bits per heavy atom. The van der Waals surface area contributed by atoms with Crippen molar-refractivity contribution >= 4 is 17.5 Å². The summed E-state index contributed by atoms with van der Waals surface area (Å²) in [7, 11) is 0. The molecular formula is C28H30FN7O2. The van der Waals surface area contributed by atoms with Gasteiger partial charge < -0.3 is 5.32 Å². The van der Waals surface area contributed by atoms with Gasteiger partial charge in [0.05, 0.1) is 0 Å². The molecule has 9 nitrogen and oxygen atoms in total. The molecule has 10 heteroatoms. The molecule has 2 heterocycles. The highest BCUT2D eigenvalue weighted by atomic mass is 19.1. The van der Waals surface area contributed by atoms with E-state index in [-0.39, 0.29) is 24.1 Å². The summed E-state index contributed by atoms with van der Waals surface area (Å²) in [5, 5.41) is 15.3. The fourth-order valence-corrected chi connectivity index (χ4v) is 3.95. The van der Waals surface area contributed by atoms with E-state index in [0.717, 1.165) is 12.0 Å². The van der Waals surface area contributed by atoms with Crippen molar-refractivity contribution in [1.29, 1.82) is 0 Å². The molecule has 0 fully saturated rings. The molecule has 0 aliphatic rings. The summed E-state index contributed by atoms with van der Waals surface area (Å²) < 4.78 is 13.3. The number of aromatic nitrogens is 5. The van der Waals surface area contributed by atoms with Crippen LogP contribution >= 0.6 is 0 Å². The first-order valence-electron chi connectivity index (χ1n) is 12.3. The van der Waals surface area contributed by atoms with Crippen LogP contribution in [0.3, 0.4) is 0 Å². The van der Waals surface area contributed by atoms with Gasteiger partial charge in [-0.1, -0.05) is 19.1 Å². The molecule has 1 unspecified atom stereocenters. The van der Waals surface area contributed by atoms with Crippen molar-refractivity contribution in [2.75, 3.05) is 4.90 Å². The summed E-state index contributed by atoms with van der Waals surface area (Å²) in [6.45, 7) is 7.42. The van der Waals surface area contributed by atoms with Crippen molar-refractivity contribution in [3.63, 3.8) is 0 Å². The van der Waals surface area contributed by atoms with Crippen LogP contribution in [0.15, 0.2) is 73.1 Å². The van der Waals surface area contributed by atoms with E-state index in [1.165, 1.54) is 34.0 Å². The molecule has 0 spiro atoms. The first kappa shape index (κ1) is 26.6.